The Bertz CT molecular complexity index is 368. The van der Waals surface area contributed by atoms with Gasteiger partial charge in [-0.3, -0.25) is 0 Å². The molecule has 0 spiro atoms. The topological polar surface area (TPSA) is 21.7 Å². The van der Waals surface area contributed by atoms with Gasteiger partial charge in [-0.15, -0.1) is 0 Å². The van der Waals surface area contributed by atoms with Crippen molar-refractivity contribution in [1.29, 1.82) is 0 Å². The Balaban J connectivity index is 1.38. The van der Waals surface area contributed by atoms with Gasteiger partial charge in [0.05, 0.1) is 19.3 Å². The normalized spacial score (nSPS) is 34.8. The molecule has 0 bridgehead atoms. The van der Waals surface area contributed by atoms with Gasteiger partial charge in [-0.25, -0.2) is 0 Å². The molecule has 0 amide bonds. The molecule has 3 heteroatoms. The predicted molar refractivity (Wildman–Crippen MR) is 90.0 cm³/mol. The van der Waals surface area contributed by atoms with Gasteiger partial charge in [0.1, 0.15) is 0 Å². The zero-order valence-electron chi connectivity index (χ0n) is 14.4. The van der Waals surface area contributed by atoms with Gasteiger partial charge in [-0.2, -0.15) is 0 Å². The van der Waals surface area contributed by atoms with Crippen LogP contribution in [0, 0.1) is 17.8 Å². The van der Waals surface area contributed by atoms with Crippen LogP contribution in [0.3, 0.4) is 0 Å². The van der Waals surface area contributed by atoms with E-state index in [0.29, 0.717) is 12.0 Å². The van der Waals surface area contributed by atoms with E-state index in [1.165, 1.54) is 51.7 Å². The van der Waals surface area contributed by atoms with Crippen molar-refractivity contribution in [2.75, 3.05) is 39.5 Å². The number of ether oxygens (including phenoxy) is 2. The summed E-state index contributed by atoms with van der Waals surface area (Å²) in [5.74, 6) is 2.28. The van der Waals surface area contributed by atoms with E-state index in [9.17, 15) is 0 Å². The molecule has 3 atom stereocenters. The fraction of sp³-hybridized carbons (Fsp3) is 0.895. The van der Waals surface area contributed by atoms with Gasteiger partial charge in [0.15, 0.2) is 0 Å². The fourth-order valence-corrected chi connectivity index (χ4v) is 4.22. The van der Waals surface area contributed by atoms with Gasteiger partial charge in [0, 0.05) is 32.2 Å². The average Bonchev–Trinajstić information content (AvgIpc) is 3.04. The highest BCUT2D eigenvalue weighted by Crippen LogP contribution is 2.31. The minimum atomic E-state index is 0.484. The van der Waals surface area contributed by atoms with E-state index in [1.807, 2.05) is 0 Å². The molecule has 0 aromatic carbocycles. The molecule has 22 heavy (non-hydrogen) atoms. The smallest absolute Gasteiger partial charge is 0.0599 e. The maximum atomic E-state index is 6.13. The minimum absolute atomic E-state index is 0.484. The first kappa shape index (κ1) is 16.5. The van der Waals surface area contributed by atoms with Crippen LogP contribution < -0.4 is 0 Å². The van der Waals surface area contributed by atoms with Gasteiger partial charge < -0.3 is 14.4 Å². The maximum absolute atomic E-state index is 6.13. The zero-order valence-corrected chi connectivity index (χ0v) is 14.4. The third-order valence-corrected chi connectivity index (χ3v) is 5.94. The van der Waals surface area contributed by atoms with Crippen molar-refractivity contribution in [2.24, 2.45) is 17.8 Å². The van der Waals surface area contributed by atoms with Gasteiger partial charge >= 0.3 is 0 Å². The molecule has 3 rings (SSSR count). The monoisotopic (exact) mass is 307 g/mol. The van der Waals surface area contributed by atoms with E-state index < -0.39 is 0 Å². The van der Waals surface area contributed by atoms with Crippen molar-refractivity contribution in [2.45, 2.75) is 52.1 Å². The molecule has 2 heterocycles. The zero-order chi connectivity index (χ0) is 15.4. The summed E-state index contributed by atoms with van der Waals surface area (Å²) in [6, 6.07) is 0. The number of allylic oxidation sites excluding steroid dienone is 1. The van der Waals surface area contributed by atoms with Crippen molar-refractivity contribution in [3.05, 3.63) is 11.6 Å². The highest BCUT2D eigenvalue weighted by molar-refractivity contribution is 5.09. The van der Waals surface area contributed by atoms with Crippen LogP contribution in [0.4, 0.5) is 0 Å². The SMILES string of the molecule is CC1=CCC[C@H](C)[C@H]1CN1CCC(OC[C@@H]2CCOC2)CC1. The maximum Gasteiger partial charge on any atom is 0.0599 e. The fourth-order valence-electron chi connectivity index (χ4n) is 4.22. The van der Waals surface area contributed by atoms with Gasteiger partial charge in [-0.05, 0) is 50.9 Å². The molecule has 2 saturated heterocycles. The molecule has 0 radical (unpaired) electrons. The lowest BCUT2D eigenvalue weighted by Crippen LogP contribution is -2.41. The first-order valence-electron chi connectivity index (χ1n) is 9.30. The third-order valence-electron chi connectivity index (χ3n) is 5.94. The van der Waals surface area contributed by atoms with E-state index in [4.69, 9.17) is 9.47 Å². The Kier molecular flexibility index (Phi) is 5.95. The molecule has 1 aliphatic carbocycles. The molecule has 3 nitrogen and oxygen atoms in total. The van der Waals surface area contributed by atoms with Crippen LogP contribution in [0.2, 0.25) is 0 Å². The summed E-state index contributed by atoms with van der Waals surface area (Å²) in [5.41, 5.74) is 1.62. The number of hydrogen-bond donors (Lipinski definition) is 0. The largest absolute Gasteiger partial charge is 0.381 e. The Labute approximate surface area is 136 Å². The quantitative estimate of drug-likeness (QED) is 0.726. The number of nitrogens with zero attached hydrogens (tertiary/aromatic N) is 1. The van der Waals surface area contributed by atoms with Crippen molar-refractivity contribution in [3.8, 4) is 0 Å². The third kappa shape index (κ3) is 4.33. The van der Waals surface area contributed by atoms with Gasteiger partial charge in [-0.1, -0.05) is 18.6 Å². The van der Waals surface area contributed by atoms with E-state index in [1.54, 1.807) is 5.57 Å². The Morgan fingerprint density at radius 2 is 2.05 bits per heavy atom. The summed E-state index contributed by atoms with van der Waals surface area (Å²) in [5, 5.41) is 0. The second-order valence-electron chi connectivity index (χ2n) is 7.67. The summed E-state index contributed by atoms with van der Waals surface area (Å²) < 4.78 is 11.6. The Hall–Kier alpha value is -0.380. The van der Waals surface area contributed by atoms with Crippen LogP contribution in [0.15, 0.2) is 11.6 Å². The molecule has 0 aromatic rings. The Morgan fingerprint density at radius 1 is 1.23 bits per heavy atom. The Morgan fingerprint density at radius 3 is 2.73 bits per heavy atom. The molecule has 3 aliphatic rings. The summed E-state index contributed by atoms with van der Waals surface area (Å²) in [6.45, 7) is 11.2. The first-order chi connectivity index (χ1) is 10.7. The van der Waals surface area contributed by atoms with Crippen LogP contribution in [-0.4, -0.2) is 50.5 Å². The van der Waals surface area contributed by atoms with Crippen LogP contribution in [0.1, 0.15) is 46.0 Å². The lowest BCUT2D eigenvalue weighted by Gasteiger charge is -2.37. The second-order valence-corrected chi connectivity index (χ2v) is 7.67. The van der Waals surface area contributed by atoms with E-state index in [0.717, 1.165) is 31.7 Å². The van der Waals surface area contributed by atoms with Crippen LogP contribution in [0.5, 0.6) is 0 Å². The number of piperidine rings is 1. The lowest BCUT2D eigenvalue weighted by molar-refractivity contribution is -0.0130. The summed E-state index contributed by atoms with van der Waals surface area (Å²) in [4.78, 5) is 2.67. The molecular formula is C19H33NO2. The van der Waals surface area contributed by atoms with Crippen molar-refractivity contribution in [3.63, 3.8) is 0 Å². The molecule has 2 aliphatic heterocycles. The van der Waals surface area contributed by atoms with Crippen molar-refractivity contribution in [1.82, 2.24) is 4.90 Å². The molecule has 0 aromatic heterocycles. The summed E-state index contributed by atoms with van der Waals surface area (Å²) in [6.07, 6.45) is 9.19. The molecule has 0 N–H and O–H groups in total. The van der Waals surface area contributed by atoms with E-state index in [-0.39, 0.29) is 0 Å². The van der Waals surface area contributed by atoms with E-state index >= 15 is 0 Å². The predicted octanol–water partition coefficient (Wildman–Crippen LogP) is 3.50. The highest BCUT2D eigenvalue weighted by atomic mass is 16.5. The van der Waals surface area contributed by atoms with Crippen molar-refractivity contribution >= 4 is 0 Å². The second kappa shape index (κ2) is 7.94. The van der Waals surface area contributed by atoms with Crippen molar-refractivity contribution < 1.29 is 9.47 Å². The molecule has 2 fully saturated rings. The molecule has 0 unspecified atom stereocenters. The average molecular weight is 307 g/mol. The van der Waals surface area contributed by atoms with Crippen LogP contribution in [-0.2, 0) is 9.47 Å². The number of rotatable bonds is 5. The van der Waals surface area contributed by atoms with Crippen LogP contribution in [0.25, 0.3) is 0 Å². The summed E-state index contributed by atoms with van der Waals surface area (Å²) >= 11 is 0. The summed E-state index contributed by atoms with van der Waals surface area (Å²) in [7, 11) is 0. The first-order valence-corrected chi connectivity index (χ1v) is 9.30. The van der Waals surface area contributed by atoms with Crippen LogP contribution >= 0.6 is 0 Å². The van der Waals surface area contributed by atoms with Gasteiger partial charge in [0.25, 0.3) is 0 Å². The number of hydrogen-bond acceptors (Lipinski definition) is 3. The number of likely N-dealkylation sites (tertiary alicyclic amines) is 1. The molecule has 0 saturated carbocycles. The highest BCUT2D eigenvalue weighted by Gasteiger charge is 2.27. The standard InChI is InChI=1S/C19H33NO2/c1-15-4-3-5-16(2)19(15)12-20-9-6-18(7-10-20)22-14-17-8-11-21-13-17/h4,16-19H,3,5-14H2,1-2H3/t16-,17+,19-/m0/s1. The van der Waals surface area contributed by atoms with E-state index in [2.05, 4.69) is 24.8 Å². The molecular weight excluding hydrogens is 274 g/mol. The lowest BCUT2D eigenvalue weighted by atomic mass is 9.79. The minimum Gasteiger partial charge on any atom is -0.381 e. The molecule has 126 valence electrons. The van der Waals surface area contributed by atoms with Gasteiger partial charge in [0.2, 0.25) is 0 Å².